The smallest absolute Gasteiger partial charge is 0.356 e. The van der Waals surface area contributed by atoms with E-state index in [1.54, 1.807) is 6.07 Å². The van der Waals surface area contributed by atoms with Crippen molar-refractivity contribution in [2.45, 2.75) is 13.3 Å². The number of carbonyl (C=O) groups is 1. The summed E-state index contributed by atoms with van der Waals surface area (Å²) in [6.45, 7) is 2.74. The van der Waals surface area contributed by atoms with Gasteiger partial charge in [-0.1, -0.05) is 6.07 Å². The molecule has 0 saturated heterocycles. The highest BCUT2D eigenvalue weighted by atomic mass is 16.4. The van der Waals surface area contributed by atoms with Crippen molar-refractivity contribution < 1.29 is 9.90 Å². The van der Waals surface area contributed by atoms with Crippen LogP contribution in [0.5, 0.6) is 0 Å². The predicted molar refractivity (Wildman–Crippen MR) is 64.5 cm³/mol. The minimum atomic E-state index is -0.984. The topological polar surface area (TPSA) is 66.6 Å². The maximum Gasteiger partial charge on any atom is 0.356 e. The van der Waals surface area contributed by atoms with Crippen molar-refractivity contribution in [1.82, 2.24) is 14.7 Å². The summed E-state index contributed by atoms with van der Waals surface area (Å²) in [7, 11) is 1.86. The van der Waals surface area contributed by atoms with Crippen molar-refractivity contribution in [3.63, 3.8) is 0 Å². The van der Waals surface area contributed by atoms with Gasteiger partial charge >= 0.3 is 5.97 Å². The van der Waals surface area contributed by atoms with Crippen LogP contribution in [-0.2, 0) is 6.42 Å². The highest BCUT2D eigenvalue weighted by Crippen LogP contribution is 2.15. The van der Waals surface area contributed by atoms with Crippen LogP contribution in [-0.4, -0.2) is 34.1 Å². The average Bonchev–Trinajstić information content (AvgIpc) is 2.64. The lowest BCUT2D eigenvalue weighted by Crippen LogP contribution is -2.12. The van der Waals surface area contributed by atoms with Crippen molar-refractivity contribution >= 4 is 11.5 Å². The molecule has 0 aromatic carbocycles. The number of aromatic carboxylic acids is 1. The van der Waals surface area contributed by atoms with Crippen LogP contribution in [0.1, 0.15) is 21.9 Å². The summed E-state index contributed by atoms with van der Waals surface area (Å²) in [5.74, 6) is -0.211. The molecule has 0 radical (unpaired) electrons. The number of carboxylic acids is 1. The molecule has 5 heteroatoms. The fourth-order valence-corrected chi connectivity index (χ4v) is 1.82. The first-order chi connectivity index (χ1) is 8.13. The first-order valence-corrected chi connectivity index (χ1v) is 5.49. The van der Waals surface area contributed by atoms with E-state index < -0.39 is 5.97 Å². The number of hydrogen-bond acceptors (Lipinski definition) is 3. The quantitative estimate of drug-likeness (QED) is 0.830. The standard InChI is InChI=1S/C12H15N3O2/c1-8-3-4-9-11(12(16)17)14-10(5-6-13-2)15(9)7-8/h3-4,7,13H,5-6H2,1-2H3,(H,16,17). The number of aryl methyl sites for hydroxylation is 1. The monoisotopic (exact) mass is 233 g/mol. The molecule has 0 amide bonds. The summed E-state index contributed by atoms with van der Waals surface area (Å²) >= 11 is 0. The number of carboxylic acid groups (broad SMARTS) is 1. The molecule has 0 unspecified atom stereocenters. The molecule has 0 fully saturated rings. The number of likely N-dealkylation sites (N-methyl/N-ethyl adjacent to an activating group) is 1. The van der Waals surface area contributed by atoms with Crippen LogP contribution < -0.4 is 5.32 Å². The molecule has 17 heavy (non-hydrogen) atoms. The SMILES string of the molecule is CNCCc1nc(C(=O)O)c2ccc(C)cn12. The second kappa shape index (κ2) is 4.55. The minimum absolute atomic E-state index is 0.121. The van der Waals surface area contributed by atoms with Gasteiger partial charge in [-0.15, -0.1) is 0 Å². The number of aromatic nitrogens is 2. The zero-order valence-electron chi connectivity index (χ0n) is 9.90. The maximum atomic E-state index is 11.1. The van der Waals surface area contributed by atoms with Gasteiger partial charge in [0.15, 0.2) is 5.69 Å². The zero-order valence-corrected chi connectivity index (χ0v) is 9.90. The van der Waals surface area contributed by atoms with Crippen molar-refractivity contribution in [2.24, 2.45) is 0 Å². The van der Waals surface area contributed by atoms with E-state index in [9.17, 15) is 4.79 Å². The third-order valence-corrected chi connectivity index (χ3v) is 2.66. The average molecular weight is 233 g/mol. The van der Waals surface area contributed by atoms with Crippen LogP contribution in [0.3, 0.4) is 0 Å². The molecule has 0 atom stereocenters. The second-order valence-corrected chi connectivity index (χ2v) is 4.00. The lowest BCUT2D eigenvalue weighted by molar-refractivity contribution is 0.0693. The maximum absolute atomic E-state index is 11.1. The molecule has 0 bridgehead atoms. The van der Waals surface area contributed by atoms with Crippen LogP contribution >= 0.6 is 0 Å². The van der Waals surface area contributed by atoms with Crippen molar-refractivity contribution in [3.8, 4) is 0 Å². The Morgan fingerprint density at radius 1 is 1.53 bits per heavy atom. The van der Waals surface area contributed by atoms with E-state index in [1.807, 2.05) is 30.6 Å². The summed E-state index contributed by atoms with van der Waals surface area (Å²) in [6.07, 6.45) is 2.62. The van der Waals surface area contributed by atoms with E-state index >= 15 is 0 Å². The molecule has 90 valence electrons. The normalized spacial score (nSPS) is 10.9. The Morgan fingerprint density at radius 3 is 2.94 bits per heavy atom. The third kappa shape index (κ3) is 2.14. The van der Waals surface area contributed by atoms with Gasteiger partial charge in [0.05, 0.1) is 5.52 Å². The molecule has 2 rings (SSSR count). The Labute approximate surface area is 99.1 Å². The number of nitrogens with zero attached hydrogens (tertiary/aromatic N) is 2. The Bertz CT molecular complexity index is 560. The molecule has 0 aliphatic carbocycles. The van der Waals surface area contributed by atoms with Crippen LogP contribution in [0.25, 0.3) is 5.52 Å². The van der Waals surface area contributed by atoms with Crippen LogP contribution in [0.15, 0.2) is 18.3 Å². The highest BCUT2D eigenvalue weighted by molar-refractivity contribution is 5.93. The number of rotatable bonds is 4. The Morgan fingerprint density at radius 2 is 2.29 bits per heavy atom. The van der Waals surface area contributed by atoms with Gasteiger partial charge in [-0.3, -0.25) is 0 Å². The largest absolute Gasteiger partial charge is 0.476 e. The third-order valence-electron chi connectivity index (χ3n) is 2.66. The van der Waals surface area contributed by atoms with Gasteiger partial charge in [-0.05, 0) is 25.6 Å². The fraction of sp³-hybridized carbons (Fsp3) is 0.333. The summed E-state index contributed by atoms with van der Waals surface area (Å²) in [5, 5.41) is 12.1. The number of nitrogens with one attached hydrogen (secondary N) is 1. The van der Waals surface area contributed by atoms with Gasteiger partial charge in [0.2, 0.25) is 0 Å². The van der Waals surface area contributed by atoms with Gasteiger partial charge in [-0.2, -0.15) is 0 Å². The van der Waals surface area contributed by atoms with Gasteiger partial charge < -0.3 is 14.8 Å². The number of imidazole rings is 1. The molecule has 5 nitrogen and oxygen atoms in total. The summed E-state index contributed by atoms with van der Waals surface area (Å²) in [4.78, 5) is 15.3. The molecule has 2 heterocycles. The number of hydrogen-bond donors (Lipinski definition) is 2. The van der Waals surface area contributed by atoms with E-state index in [0.717, 1.165) is 17.9 Å². The minimum Gasteiger partial charge on any atom is -0.476 e. The van der Waals surface area contributed by atoms with Gasteiger partial charge in [0.25, 0.3) is 0 Å². The number of fused-ring (bicyclic) bond motifs is 1. The molecule has 0 aliphatic rings. The van der Waals surface area contributed by atoms with Crippen LogP contribution in [0, 0.1) is 6.92 Å². The number of pyridine rings is 1. The van der Waals surface area contributed by atoms with Gasteiger partial charge in [0, 0.05) is 19.2 Å². The van der Waals surface area contributed by atoms with E-state index in [0.29, 0.717) is 11.9 Å². The van der Waals surface area contributed by atoms with Crippen molar-refractivity contribution in [1.29, 1.82) is 0 Å². The van der Waals surface area contributed by atoms with E-state index in [4.69, 9.17) is 5.11 Å². The zero-order chi connectivity index (χ0) is 12.4. The molecule has 2 aromatic rings. The summed E-state index contributed by atoms with van der Waals surface area (Å²) in [6, 6.07) is 3.69. The Hall–Kier alpha value is -1.88. The molecular weight excluding hydrogens is 218 g/mol. The molecule has 0 saturated carbocycles. The van der Waals surface area contributed by atoms with Crippen molar-refractivity contribution in [2.75, 3.05) is 13.6 Å². The van der Waals surface area contributed by atoms with Crippen LogP contribution in [0.2, 0.25) is 0 Å². The lowest BCUT2D eigenvalue weighted by Gasteiger charge is -2.01. The lowest BCUT2D eigenvalue weighted by atomic mass is 10.2. The van der Waals surface area contributed by atoms with Gasteiger partial charge in [0.1, 0.15) is 5.82 Å². The van der Waals surface area contributed by atoms with E-state index in [1.165, 1.54) is 0 Å². The summed E-state index contributed by atoms with van der Waals surface area (Å²) < 4.78 is 1.86. The molecular formula is C12H15N3O2. The fourth-order valence-electron chi connectivity index (χ4n) is 1.82. The van der Waals surface area contributed by atoms with Crippen molar-refractivity contribution in [3.05, 3.63) is 35.4 Å². The highest BCUT2D eigenvalue weighted by Gasteiger charge is 2.15. The first kappa shape index (κ1) is 11.6. The Kier molecular flexibility index (Phi) is 3.10. The molecule has 0 spiro atoms. The summed E-state index contributed by atoms with van der Waals surface area (Å²) in [5.41, 5.74) is 1.85. The van der Waals surface area contributed by atoms with E-state index in [2.05, 4.69) is 10.3 Å². The second-order valence-electron chi connectivity index (χ2n) is 4.00. The van der Waals surface area contributed by atoms with Crippen LogP contribution in [0.4, 0.5) is 0 Å². The first-order valence-electron chi connectivity index (χ1n) is 5.49. The Balaban J connectivity index is 2.58. The molecule has 2 aromatic heterocycles. The predicted octanol–water partition coefficient (Wildman–Crippen LogP) is 1.10. The molecule has 2 N–H and O–H groups in total. The molecule has 0 aliphatic heterocycles. The van der Waals surface area contributed by atoms with E-state index in [-0.39, 0.29) is 5.69 Å². The van der Waals surface area contributed by atoms with Gasteiger partial charge in [-0.25, -0.2) is 9.78 Å².